The molecule has 1 unspecified atom stereocenters. The number of nitrogens with two attached hydrogens (primary N) is 1. The van der Waals surface area contributed by atoms with Gasteiger partial charge in [0.25, 0.3) is 0 Å². The van der Waals surface area contributed by atoms with Crippen LogP contribution in [0.1, 0.15) is 31.4 Å². The van der Waals surface area contributed by atoms with E-state index in [1.165, 1.54) is 12.0 Å². The molecule has 0 amide bonds. The van der Waals surface area contributed by atoms with Crippen molar-refractivity contribution >= 4 is 22.9 Å². The van der Waals surface area contributed by atoms with Crippen molar-refractivity contribution in [1.29, 1.82) is 0 Å². The number of para-hydroxylation sites is 1. The third-order valence-electron chi connectivity index (χ3n) is 3.65. The Kier molecular flexibility index (Phi) is 6.25. The molecule has 1 aromatic rings. The van der Waals surface area contributed by atoms with E-state index in [-0.39, 0.29) is 0 Å². The number of rotatable bonds is 7. The van der Waals surface area contributed by atoms with Gasteiger partial charge in [0.2, 0.25) is 0 Å². The Bertz CT molecular complexity index is 431. The SMILES string of the molecule is CCC(C)N(C)CCNc1c(C)cccc1C(N)=S. The highest BCUT2D eigenvalue weighted by Crippen LogP contribution is 2.20. The Morgan fingerprint density at radius 1 is 1.47 bits per heavy atom. The number of thiocarbonyl (C=S) groups is 1. The topological polar surface area (TPSA) is 41.3 Å². The molecule has 0 fully saturated rings. The Hall–Kier alpha value is -1.13. The standard InChI is InChI=1S/C15H25N3S/c1-5-12(3)18(4)10-9-17-14-11(2)7-6-8-13(14)15(16)19/h6-8,12,17H,5,9-10H2,1-4H3,(H2,16,19). The van der Waals surface area contributed by atoms with Crippen LogP contribution in [0, 0.1) is 6.92 Å². The van der Waals surface area contributed by atoms with E-state index in [4.69, 9.17) is 18.0 Å². The minimum Gasteiger partial charge on any atom is -0.389 e. The fourth-order valence-corrected chi connectivity index (χ4v) is 2.17. The number of likely N-dealkylation sites (N-methyl/N-ethyl adjacent to an activating group) is 1. The number of hydrogen-bond acceptors (Lipinski definition) is 3. The summed E-state index contributed by atoms with van der Waals surface area (Å²) in [6.45, 7) is 8.42. The molecule has 3 N–H and O–H groups in total. The Morgan fingerprint density at radius 2 is 2.16 bits per heavy atom. The smallest absolute Gasteiger partial charge is 0.106 e. The first kappa shape index (κ1) is 15.9. The third-order valence-corrected chi connectivity index (χ3v) is 3.87. The molecule has 1 rings (SSSR count). The molecule has 0 aromatic heterocycles. The molecule has 0 spiro atoms. The van der Waals surface area contributed by atoms with Gasteiger partial charge in [-0.1, -0.05) is 31.3 Å². The fraction of sp³-hybridized carbons (Fsp3) is 0.533. The van der Waals surface area contributed by atoms with Gasteiger partial charge in [0, 0.05) is 30.4 Å². The van der Waals surface area contributed by atoms with Crippen LogP contribution in [0.4, 0.5) is 5.69 Å². The van der Waals surface area contributed by atoms with E-state index >= 15 is 0 Å². The molecule has 0 aliphatic rings. The van der Waals surface area contributed by atoms with Crippen LogP contribution in [0.2, 0.25) is 0 Å². The average Bonchev–Trinajstić information content (AvgIpc) is 2.39. The van der Waals surface area contributed by atoms with E-state index in [0.717, 1.165) is 24.3 Å². The predicted octanol–water partition coefficient (Wildman–Crippen LogP) is 2.77. The maximum Gasteiger partial charge on any atom is 0.106 e. The van der Waals surface area contributed by atoms with E-state index in [1.807, 2.05) is 12.1 Å². The van der Waals surface area contributed by atoms with Crippen molar-refractivity contribution in [2.75, 3.05) is 25.5 Å². The zero-order chi connectivity index (χ0) is 14.4. The first-order valence-corrected chi connectivity index (χ1v) is 7.21. The number of nitrogens with one attached hydrogen (secondary N) is 1. The van der Waals surface area contributed by atoms with Crippen LogP contribution in [0.5, 0.6) is 0 Å². The van der Waals surface area contributed by atoms with Gasteiger partial charge >= 0.3 is 0 Å². The number of nitrogens with zero attached hydrogens (tertiary/aromatic N) is 1. The first-order valence-electron chi connectivity index (χ1n) is 6.80. The van der Waals surface area contributed by atoms with Gasteiger partial charge in [0.15, 0.2) is 0 Å². The average molecular weight is 279 g/mol. The summed E-state index contributed by atoms with van der Waals surface area (Å²) in [6.07, 6.45) is 1.17. The lowest BCUT2D eigenvalue weighted by Gasteiger charge is -2.24. The lowest BCUT2D eigenvalue weighted by Crippen LogP contribution is -2.33. The molecule has 0 radical (unpaired) electrons. The van der Waals surface area contributed by atoms with Gasteiger partial charge in [-0.2, -0.15) is 0 Å². The molecule has 106 valence electrons. The van der Waals surface area contributed by atoms with Crippen molar-refractivity contribution < 1.29 is 0 Å². The molecule has 19 heavy (non-hydrogen) atoms. The van der Waals surface area contributed by atoms with Crippen LogP contribution in [-0.4, -0.2) is 36.1 Å². The van der Waals surface area contributed by atoms with Crippen LogP contribution < -0.4 is 11.1 Å². The van der Waals surface area contributed by atoms with Crippen LogP contribution in [0.15, 0.2) is 18.2 Å². The highest BCUT2D eigenvalue weighted by atomic mass is 32.1. The quantitative estimate of drug-likeness (QED) is 0.753. The summed E-state index contributed by atoms with van der Waals surface area (Å²) in [5.41, 5.74) is 8.94. The molecule has 1 aromatic carbocycles. The summed E-state index contributed by atoms with van der Waals surface area (Å²) < 4.78 is 0. The summed E-state index contributed by atoms with van der Waals surface area (Å²) in [6, 6.07) is 6.63. The zero-order valence-corrected chi connectivity index (χ0v) is 13.2. The molecule has 0 aliphatic carbocycles. The molecule has 0 saturated heterocycles. The van der Waals surface area contributed by atoms with Crippen molar-refractivity contribution in [3.05, 3.63) is 29.3 Å². The van der Waals surface area contributed by atoms with E-state index in [0.29, 0.717) is 11.0 Å². The normalized spacial score (nSPS) is 12.5. The molecule has 0 bridgehead atoms. The Labute approximate surface area is 122 Å². The number of benzene rings is 1. The highest BCUT2D eigenvalue weighted by molar-refractivity contribution is 7.80. The van der Waals surface area contributed by atoms with Gasteiger partial charge in [-0.05, 0) is 38.9 Å². The zero-order valence-electron chi connectivity index (χ0n) is 12.4. The molecular formula is C15H25N3S. The van der Waals surface area contributed by atoms with Crippen molar-refractivity contribution in [2.45, 2.75) is 33.2 Å². The monoisotopic (exact) mass is 279 g/mol. The summed E-state index contributed by atoms with van der Waals surface area (Å²) >= 11 is 5.10. The molecule has 0 aliphatic heterocycles. The second-order valence-electron chi connectivity index (χ2n) is 5.03. The number of anilines is 1. The van der Waals surface area contributed by atoms with E-state index in [2.05, 4.69) is 44.1 Å². The van der Waals surface area contributed by atoms with Crippen LogP contribution in [-0.2, 0) is 0 Å². The summed E-state index contributed by atoms with van der Waals surface area (Å²) in [5, 5.41) is 3.46. The predicted molar refractivity (Wildman–Crippen MR) is 87.9 cm³/mol. The van der Waals surface area contributed by atoms with Gasteiger partial charge in [0.1, 0.15) is 4.99 Å². The molecule has 3 nitrogen and oxygen atoms in total. The van der Waals surface area contributed by atoms with Gasteiger partial charge in [-0.25, -0.2) is 0 Å². The van der Waals surface area contributed by atoms with E-state index < -0.39 is 0 Å². The maximum atomic E-state index is 5.77. The van der Waals surface area contributed by atoms with E-state index in [9.17, 15) is 0 Å². The minimum atomic E-state index is 0.446. The lowest BCUT2D eigenvalue weighted by atomic mass is 10.1. The van der Waals surface area contributed by atoms with E-state index in [1.54, 1.807) is 0 Å². The molecule has 0 heterocycles. The second-order valence-corrected chi connectivity index (χ2v) is 5.47. The summed E-state index contributed by atoms with van der Waals surface area (Å²) in [4.78, 5) is 2.80. The number of hydrogen-bond donors (Lipinski definition) is 2. The Balaban J connectivity index is 2.65. The third kappa shape index (κ3) is 4.48. The highest BCUT2D eigenvalue weighted by Gasteiger charge is 2.09. The minimum absolute atomic E-state index is 0.446. The largest absolute Gasteiger partial charge is 0.389 e. The molecule has 0 saturated carbocycles. The lowest BCUT2D eigenvalue weighted by molar-refractivity contribution is 0.261. The van der Waals surface area contributed by atoms with Crippen molar-refractivity contribution in [2.24, 2.45) is 5.73 Å². The van der Waals surface area contributed by atoms with Crippen molar-refractivity contribution in [1.82, 2.24) is 4.90 Å². The van der Waals surface area contributed by atoms with Gasteiger partial charge in [0.05, 0.1) is 0 Å². The van der Waals surface area contributed by atoms with Crippen molar-refractivity contribution in [3.63, 3.8) is 0 Å². The summed E-state index contributed by atoms with van der Waals surface area (Å²) in [5.74, 6) is 0. The van der Waals surface area contributed by atoms with Crippen molar-refractivity contribution in [3.8, 4) is 0 Å². The Morgan fingerprint density at radius 3 is 2.74 bits per heavy atom. The van der Waals surface area contributed by atoms with Gasteiger partial charge < -0.3 is 16.0 Å². The maximum absolute atomic E-state index is 5.77. The van der Waals surface area contributed by atoms with Crippen LogP contribution in [0.25, 0.3) is 0 Å². The molecule has 1 atom stereocenters. The first-order chi connectivity index (χ1) is 8.97. The van der Waals surface area contributed by atoms with Crippen LogP contribution >= 0.6 is 12.2 Å². The molecule has 4 heteroatoms. The van der Waals surface area contributed by atoms with Gasteiger partial charge in [-0.3, -0.25) is 0 Å². The fourth-order valence-electron chi connectivity index (χ4n) is 2.00. The van der Waals surface area contributed by atoms with Crippen LogP contribution in [0.3, 0.4) is 0 Å². The second kappa shape index (κ2) is 7.46. The van der Waals surface area contributed by atoms with Gasteiger partial charge in [-0.15, -0.1) is 0 Å². The number of aryl methyl sites for hydroxylation is 1. The molecular weight excluding hydrogens is 254 g/mol. The summed E-state index contributed by atoms with van der Waals surface area (Å²) in [7, 11) is 2.15.